The van der Waals surface area contributed by atoms with Crippen LogP contribution in [-0.4, -0.2) is 41.0 Å². The molecule has 3 heterocycles. The topological polar surface area (TPSA) is 79.6 Å². The Bertz CT molecular complexity index is 1420. The second-order valence-corrected chi connectivity index (χ2v) is 10.9. The van der Waals surface area contributed by atoms with Gasteiger partial charge in [0.2, 0.25) is 0 Å². The molecule has 0 saturated carbocycles. The molecule has 0 unspecified atom stereocenters. The Hall–Kier alpha value is -3.19. The van der Waals surface area contributed by atoms with Crippen molar-refractivity contribution in [3.8, 4) is 0 Å². The van der Waals surface area contributed by atoms with E-state index in [0.717, 1.165) is 56.2 Å². The summed E-state index contributed by atoms with van der Waals surface area (Å²) in [6.07, 6.45) is -1.45. The van der Waals surface area contributed by atoms with Crippen molar-refractivity contribution in [3.63, 3.8) is 0 Å². The number of nitro groups is 1. The number of piperidine rings is 2. The minimum atomic E-state index is -4.83. The summed E-state index contributed by atoms with van der Waals surface area (Å²) in [5.74, 6) is -1.20. The molecular weight excluding hydrogens is 531 g/mol. The molecule has 3 aromatic rings. The van der Waals surface area contributed by atoms with Gasteiger partial charge < -0.3 is 4.90 Å². The van der Waals surface area contributed by atoms with Gasteiger partial charge in [-0.15, -0.1) is 0 Å². The predicted molar refractivity (Wildman–Crippen MR) is 132 cm³/mol. The van der Waals surface area contributed by atoms with Crippen molar-refractivity contribution in [1.29, 1.82) is 0 Å². The Kier molecular flexibility index (Phi) is 6.84. The highest BCUT2D eigenvalue weighted by molar-refractivity contribution is 7.22. The van der Waals surface area contributed by atoms with Gasteiger partial charge in [0.25, 0.3) is 11.2 Å². The highest BCUT2D eigenvalue weighted by Gasteiger charge is 2.39. The van der Waals surface area contributed by atoms with Gasteiger partial charge in [0.1, 0.15) is 16.3 Å². The maximum Gasteiger partial charge on any atom is 0.416 e. The van der Waals surface area contributed by atoms with E-state index in [1.807, 2.05) is 4.90 Å². The van der Waals surface area contributed by atoms with Gasteiger partial charge in [0.15, 0.2) is 5.13 Å². The lowest BCUT2D eigenvalue weighted by atomic mass is 9.71. The highest BCUT2D eigenvalue weighted by atomic mass is 32.1. The average Bonchev–Trinajstić information content (AvgIpc) is 2.84. The van der Waals surface area contributed by atoms with Crippen LogP contribution in [0.3, 0.4) is 0 Å². The number of nitro benzene ring substituents is 1. The molecule has 2 aliphatic rings. The van der Waals surface area contributed by atoms with Crippen molar-refractivity contribution in [2.24, 2.45) is 5.41 Å². The van der Waals surface area contributed by atoms with Gasteiger partial charge in [0, 0.05) is 31.8 Å². The standard InChI is InChI=1S/C25H23F5N4O3S/c26-17-9-15(10-18(27)13-17)14-32-5-1-24(2-6-32)3-7-33(8-4-24)23-31-22(35)19-11-16(25(28,29)30)12-20(34(36)37)21(19)38-23/h9-13H,1-8,14H2. The summed E-state index contributed by atoms with van der Waals surface area (Å²) < 4.78 is 66.6. The molecule has 1 spiro atoms. The summed E-state index contributed by atoms with van der Waals surface area (Å²) in [7, 11) is 0. The molecule has 2 aliphatic heterocycles. The number of rotatable bonds is 4. The van der Waals surface area contributed by atoms with Gasteiger partial charge in [-0.05, 0) is 68.0 Å². The average molecular weight is 555 g/mol. The van der Waals surface area contributed by atoms with Crippen LogP contribution in [0.4, 0.5) is 32.8 Å². The number of halogens is 5. The van der Waals surface area contributed by atoms with E-state index in [9.17, 15) is 36.9 Å². The summed E-state index contributed by atoms with van der Waals surface area (Å²) in [6.45, 7) is 3.11. The van der Waals surface area contributed by atoms with Crippen LogP contribution in [0.1, 0.15) is 36.8 Å². The van der Waals surface area contributed by atoms with Crippen molar-refractivity contribution in [1.82, 2.24) is 9.88 Å². The molecule has 0 radical (unpaired) electrons. The van der Waals surface area contributed by atoms with E-state index in [1.54, 1.807) is 0 Å². The van der Waals surface area contributed by atoms with Crippen molar-refractivity contribution >= 4 is 32.2 Å². The minimum Gasteiger partial charge on any atom is -0.348 e. The van der Waals surface area contributed by atoms with Crippen LogP contribution in [0.15, 0.2) is 35.1 Å². The van der Waals surface area contributed by atoms with Crippen LogP contribution in [0.2, 0.25) is 0 Å². The molecule has 0 aliphatic carbocycles. The number of aromatic nitrogens is 1. The molecule has 202 valence electrons. The Morgan fingerprint density at radius 2 is 1.58 bits per heavy atom. The number of benzene rings is 2. The first-order chi connectivity index (χ1) is 17.9. The first kappa shape index (κ1) is 26.4. The summed E-state index contributed by atoms with van der Waals surface area (Å²) >= 11 is 0.857. The molecule has 13 heteroatoms. The third kappa shape index (κ3) is 5.35. The summed E-state index contributed by atoms with van der Waals surface area (Å²) in [6, 6.07) is 4.60. The Morgan fingerprint density at radius 3 is 2.16 bits per heavy atom. The zero-order chi connectivity index (χ0) is 27.2. The van der Waals surface area contributed by atoms with Crippen molar-refractivity contribution < 1.29 is 26.9 Å². The molecule has 1 aromatic heterocycles. The van der Waals surface area contributed by atoms with Crippen LogP contribution in [0, 0.1) is 27.2 Å². The van der Waals surface area contributed by atoms with E-state index >= 15 is 0 Å². The van der Waals surface area contributed by atoms with E-state index in [4.69, 9.17) is 0 Å². The molecular formula is C25H23F5N4O3S. The second-order valence-electron chi connectivity index (χ2n) is 9.97. The fourth-order valence-corrected chi connectivity index (χ4v) is 6.51. The fraction of sp³-hybridized carbons (Fsp3) is 0.440. The maximum atomic E-state index is 13.5. The molecule has 2 aromatic carbocycles. The van der Waals surface area contributed by atoms with Crippen LogP contribution < -0.4 is 10.5 Å². The lowest BCUT2D eigenvalue weighted by molar-refractivity contribution is -0.383. The van der Waals surface area contributed by atoms with E-state index < -0.39 is 44.9 Å². The molecule has 5 rings (SSSR count). The zero-order valence-electron chi connectivity index (χ0n) is 20.1. The van der Waals surface area contributed by atoms with E-state index in [-0.39, 0.29) is 15.2 Å². The third-order valence-electron chi connectivity index (χ3n) is 7.55. The quantitative estimate of drug-likeness (QED) is 0.232. The van der Waals surface area contributed by atoms with Crippen LogP contribution in [-0.2, 0) is 12.7 Å². The maximum absolute atomic E-state index is 13.5. The van der Waals surface area contributed by atoms with Gasteiger partial charge in [0.05, 0.1) is 15.9 Å². The number of anilines is 1. The molecule has 0 amide bonds. The fourth-order valence-electron chi connectivity index (χ4n) is 5.39. The lowest BCUT2D eigenvalue weighted by Crippen LogP contribution is -2.46. The SMILES string of the molecule is O=c1nc(N2CCC3(CCN(Cc4cc(F)cc(F)c4)CC3)CC2)sc2c([N+](=O)[O-])cc(C(F)(F)F)cc12. The largest absolute Gasteiger partial charge is 0.416 e. The second kappa shape index (κ2) is 9.84. The molecule has 0 bridgehead atoms. The van der Waals surface area contributed by atoms with Crippen LogP contribution >= 0.6 is 11.3 Å². The van der Waals surface area contributed by atoms with Crippen molar-refractivity contribution in [2.75, 3.05) is 31.1 Å². The smallest absolute Gasteiger partial charge is 0.348 e. The number of alkyl halides is 3. The summed E-state index contributed by atoms with van der Waals surface area (Å²) in [4.78, 5) is 31.3. The van der Waals surface area contributed by atoms with Crippen molar-refractivity contribution in [2.45, 2.75) is 38.4 Å². The van der Waals surface area contributed by atoms with E-state index in [1.165, 1.54) is 12.1 Å². The number of fused-ring (bicyclic) bond motifs is 1. The Morgan fingerprint density at radius 1 is 0.974 bits per heavy atom. The van der Waals surface area contributed by atoms with Gasteiger partial charge >= 0.3 is 6.18 Å². The van der Waals surface area contributed by atoms with Gasteiger partial charge in [-0.3, -0.25) is 19.8 Å². The normalized spacial score (nSPS) is 18.3. The summed E-state index contributed by atoms with van der Waals surface area (Å²) in [5, 5.41) is 11.4. The van der Waals surface area contributed by atoms with E-state index in [0.29, 0.717) is 37.3 Å². The van der Waals surface area contributed by atoms with Gasteiger partial charge in [-0.1, -0.05) is 11.3 Å². The summed E-state index contributed by atoms with van der Waals surface area (Å²) in [5.41, 5.74) is -2.30. The first-order valence-electron chi connectivity index (χ1n) is 12.1. The third-order valence-corrected chi connectivity index (χ3v) is 8.72. The lowest BCUT2D eigenvalue weighted by Gasteiger charge is -2.47. The minimum absolute atomic E-state index is 0.0651. The molecule has 0 N–H and O–H groups in total. The van der Waals surface area contributed by atoms with Crippen LogP contribution in [0.5, 0.6) is 0 Å². The molecule has 0 atom stereocenters. The first-order valence-corrected chi connectivity index (χ1v) is 12.9. The number of nitrogens with zero attached hydrogens (tertiary/aromatic N) is 4. The number of hydrogen-bond donors (Lipinski definition) is 0. The number of likely N-dealkylation sites (tertiary alicyclic amines) is 1. The van der Waals surface area contributed by atoms with Gasteiger partial charge in [-0.25, -0.2) is 8.78 Å². The highest BCUT2D eigenvalue weighted by Crippen LogP contribution is 2.44. The molecule has 2 fully saturated rings. The van der Waals surface area contributed by atoms with Gasteiger partial charge in [-0.2, -0.15) is 18.2 Å². The van der Waals surface area contributed by atoms with E-state index in [2.05, 4.69) is 9.88 Å². The Labute approximate surface area is 217 Å². The molecule has 7 nitrogen and oxygen atoms in total. The number of non-ortho nitro benzene ring substituents is 1. The predicted octanol–water partition coefficient (Wildman–Crippen LogP) is 5.74. The van der Waals surface area contributed by atoms with Crippen LogP contribution in [0.25, 0.3) is 10.1 Å². The number of hydrogen-bond acceptors (Lipinski definition) is 7. The monoisotopic (exact) mass is 554 g/mol. The molecule has 2 saturated heterocycles. The molecule has 38 heavy (non-hydrogen) atoms. The van der Waals surface area contributed by atoms with Crippen molar-refractivity contribution in [3.05, 3.63) is 73.6 Å². The Balaban J connectivity index is 1.29. The zero-order valence-corrected chi connectivity index (χ0v) is 20.9.